The Bertz CT molecular complexity index is 412. The number of ether oxygens (including phenoxy) is 1. The number of morpholine rings is 1. The number of aromatic hydroxyl groups is 1. The van der Waals surface area contributed by atoms with E-state index in [-0.39, 0.29) is 0 Å². The third kappa shape index (κ3) is 2.49. The molecule has 2 aliphatic rings. The summed E-state index contributed by atoms with van der Waals surface area (Å²) in [7, 11) is 0. The van der Waals surface area contributed by atoms with Gasteiger partial charge in [-0.1, -0.05) is 15.9 Å². The van der Waals surface area contributed by atoms with Crippen LogP contribution in [0, 0.1) is 0 Å². The molecule has 2 fully saturated rings. The molecule has 2 bridgehead atoms. The van der Waals surface area contributed by atoms with Crippen molar-refractivity contribution in [2.24, 2.45) is 0 Å². The summed E-state index contributed by atoms with van der Waals surface area (Å²) in [5.41, 5.74) is 1.14. The number of likely N-dealkylation sites (tertiary alicyclic amines) is 1. The van der Waals surface area contributed by atoms with E-state index in [0.29, 0.717) is 18.0 Å². The first-order valence-electron chi connectivity index (χ1n) is 6.06. The third-order valence-corrected chi connectivity index (χ3v) is 4.32. The fraction of sp³-hybridized carbons (Fsp3) is 0.538. The molecule has 17 heavy (non-hydrogen) atoms. The number of phenolic OH excluding ortho intramolecular Hbond substituents is 1. The van der Waals surface area contributed by atoms with Crippen LogP contribution in [0.3, 0.4) is 0 Å². The molecular weight excluding hydrogens is 282 g/mol. The Kier molecular flexibility index (Phi) is 3.11. The van der Waals surface area contributed by atoms with Crippen molar-refractivity contribution in [1.82, 2.24) is 4.90 Å². The van der Waals surface area contributed by atoms with Crippen LogP contribution in [0.15, 0.2) is 22.7 Å². The quantitative estimate of drug-likeness (QED) is 0.910. The van der Waals surface area contributed by atoms with Crippen molar-refractivity contribution in [1.29, 1.82) is 0 Å². The van der Waals surface area contributed by atoms with Gasteiger partial charge in [-0.25, -0.2) is 0 Å². The van der Waals surface area contributed by atoms with Gasteiger partial charge in [-0.3, -0.25) is 4.90 Å². The van der Waals surface area contributed by atoms with Gasteiger partial charge < -0.3 is 9.84 Å². The van der Waals surface area contributed by atoms with Gasteiger partial charge in [-0.15, -0.1) is 0 Å². The van der Waals surface area contributed by atoms with Gasteiger partial charge >= 0.3 is 0 Å². The molecule has 1 aromatic carbocycles. The summed E-state index contributed by atoms with van der Waals surface area (Å²) in [4.78, 5) is 2.42. The van der Waals surface area contributed by atoms with E-state index in [9.17, 15) is 5.11 Å². The highest BCUT2D eigenvalue weighted by Gasteiger charge is 2.33. The second-order valence-corrected chi connectivity index (χ2v) is 5.78. The first-order valence-corrected chi connectivity index (χ1v) is 6.85. The molecule has 0 radical (unpaired) electrons. The van der Waals surface area contributed by atoms with Gasteiger partial charge in [0.25, 0.3) is 0 Å². The van der Waals surface area contributed by atoms with E-state index in [0.717, 1.165) is 29.7 Å². The van der Waals surface area contributed by atoms with E-state index in [1.54, 1.807) is 6.07 Å². The standard InChI is InChI=1S/C13H16BrNO2/c14-13-4-1-10(16)5-9(13)6-15-7-11-2-3-12(8-15)17-11/h1,4-5,11-12,16H,2-3,6-8H2. The number of fused-ring (bicyclic) bond motifs is 2. The van der Waals surface area contributed by atoms with Crippen LogP contribution in [0.2, 0.25) is 0 Å². The summed E-state index contributed by atoms with van der Waals surface area (Å²) in [5, 5.41) is 9.52. The van der Waals surface area contributed by atoms with E-state index >= 15 is 0 Å². The van der Waals surface area contributed by atoms with Crippen molar-refractivity contribution in [3.63, 3.8) is 0 Å². The molecule has 92 valence electrons. The lowest BCUT2D eigenvalue weighted by Gasteiger charge is -2.32. The Morgan fingerprint density at radius 2 is 2.00 bits per heavy atom. The van der Waals surface area contributed by atoms with Crippen LogP contribution in [0.5, 0.6) is 5.75 Å². The highest BCUT2D eigenvalue weighted by molar-refractivity contribution is 9.10. The smallest absolute Gasteiger partial charge is 0.115 e. The van der Waals surface area contributed by atoms with E-state index in [1.165, 1.54) is 12.8 Å². The molecular formula is C13H16BrNO2. The topological polar surface area (TPSA) is 32.7 Å². The number of hydrogen-bond donors (Lipinski definition) is 1. The summed E-state index contributed by atoms with van der Waals surface area (Å²) >= 11 is 3.53. The highest BCUT2D eigenvalue weighted by atomic mass is 79.9. The normalized spacial score (nSPS) is 28.5. The molecule has 4 heteroatoms. The van der Waals surface area contributed by atoms with Gasteiger partial charge in [-0.05, 0) is 36.6 Å². The summed E-state index contributed by atoms with van der Waals surface area (Å²) in [6, 6.07) is 5.44. The molecule has 2 saturated heterocycles. The molecule has 2 unspecified atom stereocenters. The number of benzene rings is 1. The molecule has 0 aromatic heterocycles. The molecule has 0 spiro atoms. The van der Waals surface area contributed by atoms with Crippen molar-refractivity contribution in [2.75, 3.05) is 13.1 Å². The minimum Gasteiger partial charge on any atom is -0.508 e. The maximum absolute atomic E-state index is 9.52. The molecule has 3 nitrogen and oxygen atoms in total. The van der Waals surface area contributed by atoms with Crippen LogP contribution in [-0.4, -0.2) is 35.3 Å². The zero-order valence-corrected chi connectivity index (χ0v) is 11.2. The Balaban J connectivity index is 1.72. The number of phenols is 1. The predicted octanol–water partition coefficient (Wildman–Crippen LogP) is 2.52. The van der Waals surface area contributed by atoms with Crippen molar-refractivity contribution in [2.45, 2.75) is 31.6 Å². The predicted molar refractivity (Wildman–Crippen MR) is 69.0 cm³/mol. The van der Waals surface area contributed by atoms with Crippen LogP contribution < -0.4 is 0 Å². The van der Waals surface area contributed by atoms with E-state index in [2.05, 4.69) is 20.8 Å². The first kappa shape index (κ1) is 11.5. The maximum atomic E-state index is 9.52. The molecule has 0 amide bonds. The fourth-order valence-electron chi connectivity index (χ4n) is 2.75. The monoisotopic (exact) mass is 297 g/mol. The lowest BCUT2D eigenvalue weighted by Crippen LogP contribution is -2.42. The zero-order valence-electron chi connectivity index (χ0n) is 9.60. The van der Waals surface area contributed by atoms with Crippen LogP contribution in [-0.2, 0) is 11.3 Å². The van der Waals surface area contributed by atoms with Crippen LogP contribution in [0.1, 0.15) is 18.4 Å². The lowest BCUT2D eigenvalue weighted by molar-refractivity contribution is -0.0411. The summed E-state index contributed by atoms with van der Waals surface area (Å²) in [6.45, 7) is 2.91. The zero-order chi connectivity index (χ0) is 11.8. The Labute approximate surface area is 110 Å². The van der Waals surface area contributed by atoms with Gasteiger partial charge in [-0.2, -0.15) is 0 Å². The second kappa shape index (κ2) is 4.59. The minimum atomic E-state index is 0.333. The molecule has 2 aliphatic heterocycles. The van der Waals surface area contributed by atoms with Crippen molar-refractivity contribution in [3.8, 4) is 5.75 Å². The van der Waals surface area contributed by atoms with Gasteiger partial charge in [0.2, 0.25) is 0 Å². The number of halogens is 1. The minimum absolute atomic E-state index is 0.333. The molecule has 1 aromatic rings. The third-order valence-electron chi connectivity index (χ3n) is 3.54. The van der Waals surface area contributed by atoms with Gasteiger partial charge in [0.05, 0.1) is 12.2 Å². The largest absolute Gasteiger partial charge is 0.508 e. The Morgan fingerprint density at radius 3 is 2.71 bits per heavy atom. The molecule has 2 atom stereocenters. The van der Waals surface area contributed by atoms with E-state index in [1.807, 2.05) is 12.1 Å². The average molecular weight is 298 g/mol. The number of rotatable bonds is 2. The summed E-state index contributed by atoms with van der Waals surface area (Å²) in [6.07, 6.45) is 3.24. The van der Waals surface area contributed by atoms with Crippen LogP contribution >= 0.6 is 15.9 Å². The average Bonchev–Trinajstić information content (AvgIpc) is 2.63. The molecule has 1 N–H and O–H groups in total. The molecule has 0 saturated carbocycles. The van der Waals surface area contributed by atoms with Crippen molar-refractivity contribution in [3.05, 3.63) is 28.2 Å². The molecule has 3 rings (SSSR count). The Hall–Kier alpha value is -0.580. The van der Waals surface area contributed by atoms with Crippen molar-refractivity contribution >= 4 is 15.9 Å². The van der Waals surface area contributed by atoms with Crippen LogP contribution in [0.25, 0.3) is 0 Å². The molecule has 2 heterocycles. The van der Waals surface area contributed by atoms with Crippen molar-refractivity contribution < 1.29 is 9.84 Å². The number of nitrogens with zero attached hydrogens (tertiary/aromatic N) is 1. The van der Waals surface area contributed by atoms with Gasteiger partial charge in [0.1, 0.15) is 5.75 Å². The van der Waals surface area contributed by atoms with E-state index < -0.39 is 0 Å². The second-order valence-electron chi connectivity index (χ2n) is 4.93. The summed E-state index contributed by atoms with van der Waals surface area (Å²) in [5.74, 6) is 0.333. The first-order chi connectivity index (χ1) is 8.20. The number of hydrogen-bond acceptors (Lipinski definition) is 3. The van der Waals surface area contributed by atoms with Crippen LogP contribution in [0.4, 0.5) is 0 Å². The molecule has 0 aliphatic carbocycles. The fourth-order valence-corrected chi connectivity index (χ4v) is 3.12. The van der Waals surface area contributed by atoms with E-state index in [4.69, 9.17) is 4.74 Å². The Morgan fingerprint density at radius 1 is 1.29 bits per heavy atom. The SMILES string of the molecule is Oc1ccc(Br)c(CN2CC3CCC(C2)O3)c1. The summed E-state index contributed by atoms with van der Waals surface area (Å²) < 4.78 is 6.88. The van der Waals surface area contributed by atoms with Gasteiger partial charge in [0.15, 0.2) is 0 Å². The maximum Gasteiger partial charge on any atom is 0.115 e. The highest BCUT2D eigenvalue weighted by Crippen LogP contribution is 2.29. The lowest BCUT2D eigenvalue weighted by atomic mass is 10.2. The van der Waals surface area contributed by atoms with Gasteiger partial charge in [0, 0.05) is 24.1 Å².